The van der Waals surface area contributed by atoms with Crippen molar-refractivity contribution in [3.63, 3.8) is 0 Å². The van der Waals surface area contributed by atoms with Crippen LogP contribution in [-0.4, -0.2) is 14.9 Å². The van der Waals surface area contributed by atoms with Crippen molar-refractivity contribution in [2.45, 2.75) is 32.2 Å². The molecule has 0 fully saturated rings. The normalized spacial score (nSPS) is 13.4. The fraction of sp³-hybridized carbons (Fsp3) is 0.357. The van der Waals surface area contributed by atoms with Crippen LogP contribution in [0.15, 0.2) is 36.7 Å². The number of alkyl halides is 3. The Morgan fingerprint density at radius 1 is 1.30 bits per heavy atom. The van der Waals surface area contributed by atoms with Crippen LogP contribution in [0, 0.1) is 0 Å². The molecule has 0 spiro atoms. The second-order valence-electron chi connectivity index (χ2n) is 4.56. The van der Waals surface area contributed by atoms with E-state index in [2.05, 4.69) is 5.10 Å². The third kappa shape index (κ3) is 3.19. The molecule has 1 unspecified atom stereocenters. The third-order valence-corrected chi connectivity index (χ3v) is 2.95. The largest absolute Gasteiger partial charge is 0.416 e. The highest BCUT2D eigenvalue weighted by molar-refractivity contribution is 5.32. The Hall–Kier alpha value is -1.82. The molecule has 1 aromatic heterocycles. The molecule has 0 bridgehead atoms. The first-order chi connectivity index (χ1) is 9.41. The number of benzene rings is 1. The maximum absolute atomic E-state index is 12.6. The predicted octanol–water partition coefficient (Wildman–Crippen LogP) is 3.39. The van der Waals surface area contributed by atoms with E-state index in [0.29, 0.717) is 12.1 Å². The van der Waals surface area contributed by atoms with Gasteiger partial charge in [-0.15, -0.1) is 0 Å². The fourth-order valence-corrected chi connectivity index (χ4v) is 1.95. The van der Waals surface area contributed by atoms with E-state index < -0.39 is 17.8 Å². The smallest absolute Gasteiger partial charge is 0.384 e. The van der Waals surface area contributed by atoms with Gasteiger partial charge in [-0.25, -0.2) is 0 Å². The Balaban J connectivity index is 2.26. The summed E-state index contributed by atoms with van der Waals surface area (Å²) in [6, 6.07) is 4.70. The zero-order chi connectivity index (χ0) is 14.8. The average molecular weight is 284 g/mol. The molecule has 0 aliphatic carbocycles. The maximum Gasteiger partial charge on any atom is 0.416 e. The Morgan fingerprint density at radius 2 is 2.05 bits per heavy atom. The van der Waals surface area contributed by atoms with Crippen molar-refractivity contribution in [1.82, 2.24) is 9.78 Å². The van der Waals surface area contributed by atoms with E-state index in [1.165, 1.54) is 18.3 Å². The summed E-state index contributed by atoms with van der Waals surface area (Å²) in [4.78, 5) is 0. The third-order valence-electron chi connectivity index (χ3n) is 2.95. The standard InChI is InChI=1S/C14H15F3N2O/c1-2-6-19-9-11(8-18-19)13(20)10-4-3-5-12(7-10)14(15,16)17/h3-5,7-9,13,20H,2,6H2,1H3. The molecule has 1 aromatic carbocycles. The van der Waals surface area contributed by atoms with Crippen LogP contribution in [0.4, 0.5) is 13.2 Å². The van der Waals surface area contributed by atoms with Crippen LogP contribution >= 0.6 is 0 Å². The number of aliphatic hydroxyl groups excluding tert-OH is 1. The lowest BCUT2D eigenvalue weighted by atomic mass is 10.0. The van der Waals surface area contributed by atoms with Gasteiger partial charge in [-0.1, -0.05) is 19.1 Å². The van der Waals surface area contributed by atoms with E-state index >= 15 is 0 Å². The second kappa shape index (κ2) is 5.66. The lowest BCUT2D eigenvalue weighted by Gasteiger charge is -2.12. The number of aromatic nitrogens is 2. The van der Waals surface area contributed by atoms with Gasteiger partial charge in [-0.05, 0) is 24.1 Å². The number of nitrogens with zero attached hydrogens (tertiary/aromatic N) is 2. The molecule has 3 nitrogen and oxygen atoms in total. The van der Waals surface area contributed by atoms with Crippen molar-refractivity contribution in [1.29, 1.82) is 0 Å². The monoisotopic (exact) mass is 284 g/mol. The van der Waals surface area contributed by atoms with Gasteiger partial charge in [0.1, 0.15) is 6.10 Å². The van der Waals surface area contributed by atoms with E-state index in [0.717, 1.165) is 18.6 Å². The molecule has 108 valence electrons. The summed E-state index contributed by atoms with van der Waals surface area (Å²) < 4.78 is 39.6. The van der Waals surface area contributed by atoms with Crippen LogP contribution < -0.4 is 0 Å². The maximum atomic E-state index is 12.6. The molecule has 1 heterocycles. The summed E-state index contributed by atoms with van der Waals surface area (Å²) in [5.74, 6) is 0. The van der Waals surface area contributed by atoms with Gasteiger partial charge in [-0.2, -0.15) is 18.3 Å². The minimum atomic E-state index is -4.41. The van der Waals surface area contributed by atoms with Crippen LogP contribution in [0.2, 0.25) is 0 Å². The molecule has 0 saturated heterocycles. The van der Waals surface area contributed by atoms with Gasteiger partial charge in [0, 0.05) is 18.3 Å². The van der Waals surface area contributed by atoms with Gasteiger partial charge in [0.15, 0.2) is 0 Å². The molecule has 0 aliphatic heterocycles. The highest BCUT2D eigenvalue weighted by Gasteiger charge is 2.31. The minimum Gasteiger partial charge on any atom is -0.384 e. The topological polar surface area (TPSA) is 38.0 Å². The SMILES string of the molecule is CCCn1cc(C(O)c2cccc(C(F)(F)F)c2)cn1. The summed E-state index contributed by atoms with van der Waals surface area (Å²) in [7, 11) is 0. The molecule has 20 heavy (non-hydrogen) atoms. The van der Waals surface area contributed by atoms with Crippen LogP contribution in [0.5, 0.6) is 0 Å². The molecule has 1 atom stereocenters. The lowest BCUT2D eigenvalue weighted by Crippen LogP contribution is -2.07. The summed E-state index contributed by atoms with van der Waals surface area (Å²) in [5, 5.41) is 14.2. The number of rotatable bonds is 4. The Labute approximate surface area is 114 Å². The highest BCUT2D eigenvalue weighted by atomic mass is 19.4. The number of hydrogen-bond acceptors (Lipinski definition) is 2. The zero-order valence-corrected chi connectivity index (χ0v) is 10.9. The summed E-state index contributed by atoms with van der Waals surface area (Å²) in [5.41, 5.74) is -0.0800. The molecule has 0 aliphatic rings. The highest BCUT2D eigenvalue weighted by Crippen LogP contribution is 2.32. The van der Waals surface area contributed by atoms with Gasteiger partial charge in [-0.3, -0.25) is 4.68 Å². The van der Waals surface area contributed by atoms with Crippen molar-refractivity contribution in [2.24, 2.45) is 0 Å². The first-order valence-electron chi connectivity index (χ1n) is 6.29. The first kappa shape index (κ1) is 14.6. The molecule has 2 aromatic rings. The Bertz CT molecular complexity index is 578. The molecule has 2 rings (SSSR count). The van der Waals surface area contributed by atoms with Crippen LogP contribution in [0.25, 0.3) is 0 Å². The Morgan fingerprint density at radius 3 is 2.70 bits per heavy atom. The molecule has 1 N–H and O–H groups in total. The number of aliphatic hydroxyl groups is 1. The van der Waals surface area contributed by atoms with Crippen LogP contribution in [0.3, 0.4) is 0 Å². The second-order valence-corrected chi connectivity index (χ2v) is 4.56. The molecule has 0 amide bonds. The van der Waals surface area contributed by atoms with Gasteiger partial charge in [0.2, 0.25) is 0 Å². The fourth-order valence-electron chi connectivity index (χ4n) is 1.95. The summed E-state index contributed by atoms with van der Waals surface area (Å²) >= 11 is 0. The van der Waals surface area contributed by atoms with Crippen molar-refractivity contribution in [3.8, 4) is 0 Å². The predicted molar refractivity (Wildman–Crippen MR) is 68.0 cm³/mol. The van der Waals surface area contributed by atoms with Crippen LogP contribution in [0.1, 0.15) is 36.1 Å². The van der Waals surface area contributed by atoms with Crippen molar-refractivity contribution in [2.75, 3.05) is 0 Å². The van der Waals surface area contributed by atoms with E-state index in [9.17, 15) is 18.3 Å². The molecule has 0 saturated carbocycles. The number of hydrogen-bond donors (Lipinski definition) is 1. The van der Waals surface area contributed by atoms with E-state index in [1.807, 2.05) is 6.92 Å². The average Bonchev–Trinajstić information content (AvgIpc) is 2.86. The van der Waals surface area contributed by atoms with Crippen LogP contribution in [-0.2, 0) is 12.7 Å². The van der Waals surface area contributed by atoms with Crippen molar-refractivity contribution >= 4 is 0 Å². The summed E-state index contributed by atoms with van der Waals surface area (Å²) in [6.07, 6.45) is -1.51. The van der Waals surface area contributed by atoms with E-state index in [4.69, 9.17) is 0 Å². The number of aryl methyl sites for hydroxylation is 1. The summed E-state index contributed by atoms with van der Waals surface area (Å²) in [6.45, 7) is 2.69. The molecule has 0 radical (unpaired) electrons. The van der Waals surface area contributed by atoms with Crippen molar-refractivity contribution < 1.29 is 18.3 Å². The Kier molecular flexibility index (Phi) is 4.13. The first-order valence-corrected chi connectivity index (χ1v) is 6.29. The lowest BCUT2D eigenvalue weighted by molar-refractivity contribution is -0.137. The molecule has 6 heteroatoms. The van der Waals surface area contributed by atoms with Gasteiger partial charge < -0.3 is 5.11 Å². The van der Waals surface area contributed by atoms with E-state index in [-0.39, 0.29) is 5.56 Å². The van der Waals surface area contributed by atoms with Gasteiger partial charge in [0.05, 0.1) is 11.8 Å². The zero-order valence-electron chi connectivity index (χ0n) is 10.9. The van der Waals surface area contributed by atoms with E-state index in [1.54, 1.807) is 10.9 Å². The van der Waals surface area contributed by atoms with Gasteiger partial charge >= 0.3 is 6.18 Å². The van der Waals surface area contributed by atoms with Crippen molar-refractivity contribution in [3.05, 3.63) is 53.3 Å². The van der Waals surface area contributed by atoms with Gasteiger partial charge in [0.25, 0.3) is 0 Å². The number of halogens is 3. The minimum absolute atomic E-state index is 0.205. The quantitative estimate of drug-likeness (QED) is 0.934. The molecular formula is C14H15F3N2O. The molecular weight excluding hydrogens is 269 g/mol.